The van der Waals surface area contributed by atoms with Crippen molar-refractivity contribution in [3.8, 4) is 0 Å². The number of carbonyl (C=O) groups is 2. The third-order valence-corrected chi connectivity index (χ3v) is 6.85. The number of carbonyl (C=O) groups excluding carboxylic acids is 1. The van der Waals surface area contributed by atoms with Gasteiger partial charge in [-0.1, -0.05) is 39.3 Å². The number of benzene rings is 1. The third-order valence-electron chi connectivity index (χ3n) is 4.99. The first kappa shape index (κ1) is 29.9. The van der Waals surface area contributed by atoms with Crippen molar-refractivity contribution in [1.29, 1.82) is 0 Å². The Hall–Kier alpha value is -2.18. The minimum absolute atomic E-state index is 0.0872. The van der Waals surface area contributed by atoms with Gasteiger partial charge in [0.05, 0.1) is 11.4 Å². The van der Waals surface area contributed by atoms with E-state index < -0.39 is 22.2 Å². The molecular formula is C22H34F3N3O5S. The molecule has 1 fully saturated rings. The lowest BCUT2D eigenvalue weighted by molar-refractivity contribution is -0.192. The molecule has 0 bridgehead atoms. The monoisotopic (exact) mass is 509 g/mol. The minimum atomic E-state index is -5.08. The number of carboxylic acid groups (broad SMARTS) is 1. The van der Waals surface area contributed by atoms with Gasteiger partial charge in [0.15, 0.2) is 0 Å². The second kappa shape index (κ2) is 13.6. The number of halogens is 3. The maximum absolute atomic E-state index is 13.1. The van der Waals surface area contributed by atoms with Crippen molar-refractivity contribution in [3.05, 3.63) is 29.8 Å². The molecule has 0 unspecified atom stereocenters. The Morgan fingerprint density at radius 1 is 1.15 bits per heavy atom. The number of alkyl halides is 3. The molecule has 0 saturated carbocycles. The molecule has 1 aromatic carbocycles. The second-order valence-electron chi connectivity index (χ2n) is 8.37. The quantitative estimate of drug-likeness (QED) is 0.530. The Balaban J connectivity index is 0.000000718. The largest absolute Gasteiger partial charge is 0.490 e. The highest BCUT2D eigenvalue weighted by atomic mass is 32.2. The van der Waals surface area contributed by atoms with Gasteiger partial charge in [-0.3, -0.25) is 4.79 Å². The van der Waals surface area contributed by atoms with E-state index in [1.807, 2.05) is 19.1 Å². The van der Waals surface area contributed by atoms with Crippen molar-refractivity contribution < 1.29 is 36.3 Å². The lowest BCUT2D eigenvalue weighted by Crippen LogP contribution is -2.50. The lowest BCUT2D eigenvalue weighted by Gasteiger charge is -2.30. The average Bonchev–Trinajstić information content (AvgIpc) is 2.76. The number of unbranched alkanes of at least 4 members (excludes halogenated alkanes) is 1. The van der Waals surface area contributed by atoms with Crippen LogP contribution in [0.1, 0.15) is 39.2 Å². The van der Waals surface area contributed by atoms with Crippen molar-refractivity contribution in [3.63, 3.8) is 0 Å². The average molecular weight is 510 g/mol. The summed E-state index contributed by atoms with van der Waals surface area (Å²) in [6, 6.07) is 7.09. The van der Waals surface area contributed by atoms with Crippen molar-refractivity contribution in [2.45, 2.75) is 51.1 Å². The Bertz CT molecular complexity index is 884. The summed E-state index contributed by atoms with van der Waals surface area (Å²) < 4.78 is 59.3. The molecule has 8 nitrogen and oxygen atoms in total. The number of sulfonamides is 1. The van der Waals surface area contributed by atoms with Gasteiger partial charge < -0.3 is 15.3 Å². The second-order valence-corrected chi connectivity index (χ2v) is 10.3. The summed E-state index contributed by atoms with van der Waals surface area (Å²) in [6.07, 6.45) is -2.55. The van der Waals surface area contributed by atoms with Crippen LogP contribution in [0.3, 0.4) is 0 Å². The number of hydrogen-bond acceptors (Lipinski definition) is 5. The standard InChI is InChI=1S/C20H33N3O3S.C2HF3O2/c1-4-5-12-23(16-20(24)22-13-10-21-11-14-22)27(25,26)19-8-6-18(7-9-19)15-17(2)3;3-2(4,5)1(6)7/h6-9,17,21H,4-5,10-16H2,1-3H3;(H,6,7). The van der Waals surface area contributed by atoms with Crippen LogP contribution in [0.4, 0.5) is 13.2 Å². The smallest absolute Gasteiger partial charge is 0.475 e. The van der Waals surface area contributed by atoms with E-state index in [-0.39, 0.29) is 17.3 Å². The predicted octanol–water partition coefficient (Wildman–Crippen LogP) is 2.74. The molecule has 1 amide bonds. The van der Waals surface area contributed by atoms with Crippen molar-refractivity contribution in [1.82, 2.24) is 14.5 Å². The molecule has 1 aromatic rings. The van der Waals surface area contributed by atoms with Gasteiger partial charge in [-0.25, -0.2) is 13.2 Å². The van der Waals surface area contributed by atoms with Gasteiger partial charge in [0.25, 0.3) is 0 Å². The molecule has 0 aliphatic carbocycles. The third kappa shape index (κ3) is 9.98. The van der Waals surface area contributed by atoms with E-state index in [0.717, 1.165) is 37.9 Å². The van der Waals surface area contributed by atoms with Crippen LogP contribution < -0.4 is 5.32 Å². The summed E-state index contributed by atoms with van der Waals surface area (Å²) in [5.41, 5.74) is 1.13. The maximum atomic E-state index is 13.1. The number of carboxylic acids is 1. The Labute approximate surface area is 199 Å². The first-order valence-corrected chi connectivity index (χ1v) is 12.6. The van der Waals surface area contributed by atoms with Crippen LogP contribution in [0.25, 0.3) is 0 Å². The fourth-order valence-electron chi connectivity index (χ4n) is 3.20. The van der Waals surface area contributed by atoms with E-state index in [9.17, 15) is 26.4 Å². The zero-order valence-electron chi connectivity index (χ0n) is 19.8. The Morgan fingerprint density at radius 2 is 1.68 bits per heavy atom. The predicted molar refractivity (Wildman–Crippen MR) is 122 cm³/mol. The van der Waals surface area contributed by atoms with Gasteiger partial charge >= 0.3 is 12.1 Å². The van der Waals surface area contributed by atoms with Gasteiger partial charge in [0.2, 0.25) is 15.9 Å². The first-order chi connectivity index (χ1) is 15.8. The number of piperazine rings is 1. The zero-order valence-corrected chi connectivity index (χ0v) is 20.6. The topological polar surface area (TPSA) is 107 Å². The summed E-state index contributed by atoms with van der Waals surface area (Å²) in [5, 5.41) is 10.3. The SMILES string of the molecule is CCCCN(CC(=O)N1CCNCC1)S(=O)(=O)c1ccc(CC(C)C)cc1.O=C(O)C(F)(F)F. The summed E-state index contributed by atoms with van der Waals surface area (Å²) in [6.45, 7) is 9.34. The number of rotatable bonds is 9. The molecule has 1 saturated heterocycles. The number of hydrogen-bond donors (Lipinski definition) is 2. The van der Waals surface area contributed by atoms with Gasteiger partial charge in [0.1, 0.15) is 0 Å². The van der Waals surface area contributed by atoms with Crippen LogP contribution in [0, 0.1) is 5.92 Å². The highest BCUT2D eigenvalue weighted by Crippen LogP contribution is 2.19. The summed E-state index contributed by atoms with van der Waals surface area (Å²) in [5.74, 6) is -2.36. The van der Waals surface area contributed by atoms with E-state index >= 15 is 0 Å². The molecule has 0 radical (unpaired) electrons. The summed E-state index contributed by atoms with van der Waals surface area (Å²) in [4.78, 5) is 23.5. The fourth-order valence-corrected chi connectivity index (χ4v) is 4.63. The molecular weight excluding hydrogens is 475 g/mol. The molecule has 1 heterocycles. The number of nitrogens with zero attached hydrogens (tertiary/aromatic N) is 2. The molecule has 0 aromatic heterocycles. The van der Waals surface area contributed by atoms with E-state index in [1.54, 1.807) is 17.0 Å². The van der Waals surface area contributed by atoms with Crippen molar-refractivity contribution in [2.24, 2.45) is 5.92 Å². The van der Waals surface area contributed by atoms with Crippen molar-refractivity contribution >= 4 is 21.9 Å². The zero-order chi connectivity index (χ0) is 25.9. The van der Waals surface area contributed by atoms with E-state index in [0.29, 0.717) is 25.6 Å². The van der Waals surface area contributed by atoms with Crippen LogP contribution in [0.15, 0.2) is 29.2 Å². The molecule has 0 spiro atoms. The van der Waals surface area contributed by atoms with E-state index in [4.69, 9.17) is 9.90 Å². The molecule has 1 aliphatic rings. The lowest BCUT2D eigenvalue weighted by atomic mass is 10.0. The minimum Gasteiger partial charge on any atom is -0.475 e. The van der Waals surface area contributed by atoms with E-state index in [1.165, 1.54) is 4.31 Å². The summed E-state index contributed by atoms with van der Waals surface area (Å²) in [7, 11) is -3.68. The van der Waals surface area contributed by atoms with Gasteiger partial charge in [-0.2, -0.15) is 17.5 Å². The van der Waals surface area contributed by atoms with Crippen LogP contribution in [-0.2, 0) is 26.0 Å². The van der Waals surface area contributed by atoms with Gasteiger partial charge in [0, 0.05) is 32.7 Å². The normalized spacial score (nSPS) is 14.6. The van der Waals surface area contributed by atoms with Crippen LogP contribution >= 0.6 is 0 Å². The van der Waals surface area contributed by atoms with Gasteiger partial charge in [-0.15, -0.1) is 0 Å². The molecule has 0 atom stereocenters. The maximum Gasteiger partial charge on any atom is 0.490 e. The molecule has 194 valence electrons. The fraction of sp³-hybridized carbons (Fsp3) is 0.636. The van der Waals surface area contributed by atoms with Crippen molar-refractivity contribution in [2.75, 3.05) is 39.3 Å². The first-order valence-electron chi connectivity index (χ1n) is 11.2. The number of amides is 1. The number of nitrogens with one attached hydrogen (secondary N) is 1. The highest BCUT2D eigenvalue weighted by Gasteiger charge is 2.38. The van der Waals surface area contributed by atoms with Crippen LogP contribution in [0.5, 0.6) is 0 Å². The molecule has 34 heavy (non-hydrogen) atoms. The summed E-state index contributed by atoms with van der Waals surface area (Å²) >= 11 is 0. The Morgan fingerprint density at radius 3 is 2.12 bits per heavy atom. The molecule has 2 N–H and O–H groups in total. The van der Waals surface area contributed by atoms with Crippen LogP contribution in [0.2, 0.25) is 0 Å². The molecule has 1 aliphatic heterocycles. The van der Waals surface area contributed by atoms with Crippen LogP contribution in [-0.4, -0.2) is 80.1 Å². The molecule has 2 rings (SSSR count). The number of aliphatic carboxylic acids is 1. The molecule has 12 heteroatoms. The Kier molecular flexibility index (Phi) is 12.0. The highest BCUT2D eigenvalue weighted by molar-refractivity contribution is 7.89. The van der Waals surface area contributed by atoms with E-state index in [2.05, 4.69) is 19.2 Å². The van der Waals surface area contributed by atoms with Gasteiger partial charge in [-0.05, 0) is 36.5 Å².